The van der Waals surface area contributed by atoms with Crippen LogP contribution in [-0.4, -0.2) is 40.4 Å². The smallest absolute Gasteiger partial charge is 0.239 e. The van der Waals surface area contributed by atoms with Gasteiger partial charge in [0.15, 0.2) is 0 Å². The standard InChI is InChI=1S/C10H20N2OS/c1-4-9(11)10(13)12-5-6-14-8(3)7(12)2/h7-9H,4-6,11H2,1-3H3/t7?,8?,9-/m1/s1. The number of rotatable bonds is 2. The van der Waals surface area contributed by atoms with Crippen molar-refractivity contribution in [1.29, 1.82) is 0 Å². The maximum absolute atomic E-state index is 11.9. The molecule has 4 heteroatoms. The summed E-state index contributed by atoms with van der Waals surface area (Å²) in [7, 11) is 0. The largest absolute Gasteiger partial charge is 0.337 e. The Morgan fingerprint density at radius 1 is 1.64 bits per heavy atom. The van der Waals surface area contributed by atoms with E-state index in [9.17, 15) is 4.79 Å². The molecule has 0 aromatic rings. The van der Waals surface area contributed by atoms with E-state index in [4.69, 9.17) is 5.73 Å². The topological polar surface area (TPSA) is 46.3 Å². The first-order valence-electron chi connectivity index (χ1n) is 5.25. The molecule has 0 saturated carbocycles. The van der Waals surface area contributed by atoms with Crippen LogP contribution in [0.2, 0.25) is 0 Å². The van der Waals surface area contributed by atoms with Gasteiger partial charge in [-0.1, -0.05) is 13.8 Å². The molecule has 1 rings (SSSR count). The monoisotopic (exact) mass is 216 g/mol. The molecule has 82 valence electrons. The molecule has 0 bridgehead atoms. The summed E-state index contributed by atoms with van der Waals surface area (Å²) < 4.78 is 0. The van der Waals surface area contributed by atoms with Crippen LogP contribution in [0.4, 0.5) is 0 Å². The Morgan fingerprint density at radius 3 is 2.86 bits per heavy atom. The minimum absolute atomic E-state index is 0.118. The van der Waals surface area contributed by atoms with Gasteiger partial charge in [0.1, 0.15) is 0 Å². The van der Waals surface area contributed by atoms with Crippen molar-refractivity contribution >= 4 is 17.7 Å². The van der Waals surface area contributed by atoms with Gasteiger partial charge in [-0.2, -0.15) is 11.8 Å². The predicted octanol–water partition coefficient (Wildman–Crippen LogP) is 1.08. The quantitative estimate of drug-likeness (QED) is 0.751. The Kier molecular flexibility index (Phi) is 4.26. The number of nitrogens with two attached hydrogens (primary N) is 1. The molecule has 1 saturated heterocycles. The highest BCUT2D eigenvalue weighted by Crippen LogP contribution is 2.24. The third kappa shape index (κ3) is 2.42. The van der Waals surface area contributed by atoms with Gasteiger partial charge in [0.2, 0.25) is 5.91 Å². The second kappa shape index (κ2) is 5.03. The molecule has 3 nitrogen and oxygen atoms in total. The molecule has 1 aliphatic heterocycles. The molecule has 0 aliphatic carbocycles. The Labute approximate surface area is 90.4 Å². The molecule has 0 spiro atoms. The molecule has 2 unspecified atom stereocenters. The van der Waals surface area contributed by atoms with Gasteiger partial charge in [0, 0.05) is 23.6 Å². The molecule has 3 atom stereocenters. The van der Waals surface area contributed by atoms with Gasteiger partial charge in [0.05, 0.1) is 6.04 Å². The van der Waals surface area contributed by atoms with Crippen LogP contribution in [0.5, 0.6) is 0 Å². The van der Waals surface area contributed by atoms with Crippen LogP contribution in [0, 0.1) is 0 Å². The lowest BCUT2D eigenvalue weighted by Gasteiger charge is -2.38. The van der Waals surface area contributed by atoms with Gasteiger partial charge in [-0.15, -0.1) is 0 Å². The highest BCUT2D eigenvalue weighted by Gasteiger charge is 2.30. The van der Waals surface area contributed by atoms with E-state index in [-0.39, 0.29) is 11.9 Å². The van der Waals surface area contributed by atoms with E-state index < -0.39 is 0 Å². The summed E-state index contributed by atoms with van der Waals surface area (Å²) in [5, 5.41) is 0.525. The SMILES string of the molecule is CC[C@@H](N)C(=O)N1CCSC(C)C1C. The van der Waals surface area contributed by atoms with Gasteiger partial charge >= 0.3 is 0 Å². The summed E-state index contributed by atoms with van der Waals surface area (Å²) in [4.78, 5) is 13.8. The van der Waals surface area contributed by atoms with Crippen molar-refractivity contribution in [3.8, 4) is 0 Å². The first-order chi connectivity index (χ1) is 6.57. The minimum Gasteiger partial charge on any atom is -0.337 e. The third-order valence-electron chi connectivity index (χ3n) is 2.92. The van der Waals surface area contributed by atoms with Crippen molar-refractivity contribution in [3.05, 3.63) is 0 Å². The molecular weight excluding hydrogens is 196 g/mol. The van der Waals surface area contributed by atoms with Gasteiger partial charge in [0.25, 0.3) is 0 Å². The van der Waals surface area contributed by atoms with Crippen LogP contribution < -0.4 is 5.73 Å². The van der Waals surface area contributed by atoms with Crippen LogP contribution in [0.15, 0.2) is 0 Å². The Morgan fingerprint density at radius 2 is 2.29 bits per heavy atom. The van der Waals surface area contributed by atoms with Gasteiger partial charge in [-0.25, -0.2) is 0 Å². The molecule has 0 aromatic heterocycles. The van der Waals surface area contributed by atoms with Crippen LogP contribution >= 0.6 is 11.8 Å². The highest BCUT2D eigenvalue weighted by molar-refractivity contribution is 8.00. The van der Waals surface area contributed by atoms with E-state index in [0.717, 1.165) is 18.7 Å². The van der Waals surface area contributed by atoms with E-state index in [0.29, 0.717) is 11.3 Å². The summed E-state index contributed by atoms with van der Waals surface area (Å²) in [6, 6.07) is 0.00611. The Hall–Kier alpha value is -0.220. The van der Waals surface area contributed by atoms with E-state index in [2.05, 4.69) is 13.8 Å². The van der Waals surface area contributed by atoms with E-state index in [1.54, 1.807) is 0 Å². The molecule has 0 aromatic carbocycles. The second-order valence-electron chi connectivity index (χ2n) is 3.86. The number of carbonyl (C=O) groups is 1. The third-order valence-corrected chi connectivity index (χ3v) is 4.26. The van der Waals surface area contributed by atoms with Crippen molar-refractivity contribution in [2.24, 2.45) is 5.73 Å². The maximum atomic E-state index is 11.9. The fourth-order valence-corrected chi connectivity index (χ4v) is 2.73. The van der Waals surface area contributed by atoms with Crippen LogP contribution in [-0.2, 0) is 4.79 Å². The molecule has 2 N–H and O–H groups in total. The fraction of sp³-hybridized carbons (Fsp3) is 0.900. The van der Waals surface area contributed by atoms with Gasteiger partial charge in [-0.05, 0) is 13.3 Å². The highest BCUT2D eigenvalue weighted by atomic mass is 32.2. The predicted molar refractivity (Wildman–Crippen MR) is 61.4 cm³/mol. The second-order valence-corrected chi connectivity index (χ2v) is 5.35. The van der Waals surface area contributed by atoms with Crippen molar-refractivity contribution in [1.82, 2.24) is 4.90 Å². The molecular formula is C10H20N2OS. The zero-order valence-electron chi connectivity index (χ0n) is 9.19. The molecule has 1 fully saturated rings. The van der Waals surface area contributed by atoms with Gasteiger partial charge in [-0.3, -0.25) is 4.79 Å². The number of amides is 1. The zero-order chi connectivity index (χ0) is 10.7. The first-order valence-corrected chi connectivity index (χ1v) is 6.30. The summed E-state index contributed by atoms with van der Waals surface area (Å²) >= 11 is 1.93. The molecule has 0 radical (unpaired) electrons. The number of carbonyl (C=O) groups excluding carboxylic acids is 1. The lowest BCUT2D eigenvalue weighted by atomic mass is 10.1. The van der Waals surface area contributed by atoms with E-state index in [1.807, 2.05) is 23.6 Å². The van der Waals surface area contributed by atoms with Crippen molar-refractivity contribution in [2.45, 2.75) is 44.5 Å². The summed E-state index contributed by atoms with van der Waals surface area (Å²) in [6.07, 6.45) is 0.726. The lowest BCUT2D eigenvalue weighted by Crippen LogP contribution is -2.53. The number of nitrogens with zero attached hydrogens (tertiary/aromatic N) is 1. The van der Waals surface area contributed by atoms with E-state index in [1.165, 1.54) is 0 Å². The average Bonchev–Trinajstić information content (AvgIpc) is 2.20. The summed E-state index contributed by atoms with van der Waals surface area (Å²) in [6.45, 7) is 7.08. The minimum atomic E-state index is -0.312. The lowest BCUT2D eigenvalue weighted by molar-refractivity contribution is -0.134. The van der Waals surface area contributed by atoms with Gasteiger partial charge < -0.3 is 10.6 Å². The normalized spacial score (nSPS) is 30.1. The van der Waals surface area contributed by atoms with Crippen molar-refractivity contribution < 1.29 is 4.79 Å². The summed E-state index contributed by atoms with van der Waals surface area (Å²) in [5.74, 6) is 1.15. The van der Waals surface area contributed by atoms with Crippen molar-refractivity contribution in [3.63, 3.8) is 0 Å². The Balaban J connectivity index is 2.62. The Bertz CT molecular complexity index is 210. The van der Waals surface area contributed by atoms with Crippen LogP contribution in [0.1, 0.15) is 27.2 Å². The van der Waals surface area contributed by atoms with Crippen molar-refractivity contribution in [2.75, 3.05) is 12.3 Å². The number of thioether (sulfide) groups is 1. The molecule has 14 heavy (non-hydrogen) atoms. The summed E-state index contributed by atoms with van der Waals surface area (Å²) in [5.41, 5.74) is 5.76. The number of hydrogen-bond acceptors (Lipinski definition) is 3. The van der Waals surface area contributed by atoms with Crippen LogP contribution in [0.25, 0.3) is 0 Å². The van der Waals surface area contributed by atoms with E-state index >= 15 is 0 Å². The average molecular weight is 216 g/mol. The molecule has 1 aliphatic rings. The van der Waals surface area contributed by atoms with Crippen LogP contribution in [0.3, 0.4) is 0 Å². The fourth-order valence-electron chi connectivity index (χ4n) is 1.63. The number of hydrogen-bond donors (Lipinski definition) is 1. The molecule has 1 heterocycles. The molecule has 1 amide bonds. The maximum Gasteiger partial charge on any atom is 0.239 e. The first kappa shape index (κ1) is 11.9. The zero-order valence-corrected chi connectivity index (χ0v) is 10.0.